The molecule has 0 bridgehead atoms. The van der Waals surface area contributed by atoms with E-state index in [4.69, 9.17) is 10.5 Å². The van der Waals surface area contributed by atoms with Crippen molar-refractivity contribution in [1.82, 2.24) is 13.7 Å². The Kier molecular flexibility index (Phi) is 4.62. The zero-order chi connectivity index (χ0) is 14.5. The Labute approximate surface area is 128 Å². The van der Waals surface area contributed by atoms with E-state index in [1.54, 1.807) is 12.4 Å². The lowest BCUT2D eigenvalue weighted by atomic mass is 9.97. The lowest BCUT2D eigenvalue weighted by Gasteiger charge is -2.31. The standard InChI is InChI=1S/C14H19N5OS/c15-9-11-3-7-19(8-4-11)13-14(18-21-17-13)20-10-12-1-5-16-6-2-12/h1-2,5-6,11H,3-4,7-10,15H2. The molecule has 2 aromatic heterocycles. The summed E-state index contributed by atoms with van der Waals surface area (Å²) in [5.74, 6) is 2.13. The highest BCUT2D eigenvalue weighted by molar-refractivity contribution is 6.99. The number of hydrogen-bond acceptors (Lipinski definition) is 7. The first kappa shape index (κ1) is 14.2. The van der Waals surface area contributed by atoms with Crippen LogP contribution in [0.15, 0.2) is 24.5 Å². The SMILES string of the molecule is NCC1CCN(c2nsnc2OCc2ccncc2)CC1. The monoisotopic (exact) mass is 305 g/mol. The van der Waals surface area contributed by atoms with Gasteiger partial charge < -0.3 is 15.4 Å². The van der Waals surface area contributed by atoms with Crippen molar-refractivity contribution in [3.05, 3.63) is 30.1 Å². The third-order valence-electron chi connectivity index (χ3n) is 3.81. The van der Waals surface area contributed by atoms with Crippen LogP contribution in [0.3, 0.4) is 0 Å². The van der Waals surface area contributed by atoms with Crippen LogP contribution >= 0.6 is 11.7 Å². The fourth-order valence-electron chi connectivity index (χ4n) is 2.47. The van der Waals surface area contributed by atoms with E-state index in [0.29, 0.717) is 18.4 Å². The van der Waals surface area contributed by atoms with E-state index in [9.17, 15) is 0 Å². The van der Waals surface area contributed by atoms with Crippen molar-refractivity contribution in [1.29, 1.82) is 0 Å². The number of pyridine rings is 1. The third kappa shape index (κ3) is 3.48. The van der Waals surface area contributed by atoms with E-state index in [1.165, 1.54) is 11.7 Å². The van der Waals surface area contributed by atoms with Gasteiger partial charge in [0, 0.05) is 25.5 Å². The minimum absolute atomic E-state index is 0.486. The van der Waals surface area contributed by atoms with Crippen molar-refractivity contribution in [3.63, 3.8) is 0 Å². The maximum atomic E-state index is 5.81. The summed E-state index contributed by atoms with van der Waals surface area (Å²) in [4.78, 5) is 6.24. The van der Waals surface area contributed by atoms with Crippen molar-refractivity contribution in [3.8, 4) is 5.88 Å². The Balaban J connectivity index is 1.62. The van der Waals surface area contributed by atoms with E-state index in [1.807, 2.05) is 12.1 Å². The molecule has 0 unspecified atom stereocenters. The molecule has 0 aliphatic carbocycles. The van der Waals surface area contributed by atoms with Gasteiger partial charge in [-0.05, 0) is 43.0 Å². The lowest BCUT2D eigenvalue weighted by Crippen LogP contribution is -2.36. The molecule has 0 spiro atoms. The van der Waals surface area contributed by atoms with E-state index in [-0.39, 0.29) is 0 Å². The van der Waals surface area contributed by atoms with E-state index < -0.39 is 0 Å². The van der Waals surface area contributed by atoms with Gasteiger partial charge in [-0.15, -0.1) is 4.37 Å². The maximum Gasteiger partial charge on any atom is 0.271 e. The largest absolute Gasteiger partial charge is 0.470 e. The zero-order valence-electron chi connectivity index (χ0n) is 11.8. The van der Waals surface area contributed by atoms with Crippen molar-refractivity contribution in [2.75, 3.05) is 24.5 Å². The first-order valence-corrected chi connectivity index (χ1v) is 7.89. The first-order valence-electron chi connectivity index (χ1n) is 7.16. The summed E-state index contributed by atoms with van der Waals surface area (Å²) < 4.78 is 14.5. The number of anilines is 1. The molecule has 1 fully saturated rings. The number of piperidine rings is 1. The topological polar surface area (TPSA) is 77.2 Å². The summed E-state index contributed by atoms with van der Waals surface area (Å²) in [5, 5.41) is 0. The Morgan fingerprint density at radius 1 is 1.24 bits per heavy atom. The van der Waals surface area contributed by atoms with Crippen LogP contribution in [0, 0.1) is 5.92 Å². The number of ether oxygens (including phenoxy) is 1. The predicted molar refractivity (Wildman–Crippen MR) is 82.5 cm³/mol. The van der Waals surface area contributed by atoms with Crippen molar-refractivity contribution < 1.29 is 4.74 Å². The second-order valence-corrected chi connectivity index (χ2v) is 5.73. The second-order valence-electron chi connectivity index (χ2n) is 5.20. The summed E-state index contributed by atoms with van der Waals surface area (Å²) >= 11 is 1.20. The summed E-state index contributed by atoms with van der Waals surface area (Å²) in [6, 6.07) is 3.87. The number of hydrogen-bond donors (Lipinski definition) is 1. The molecule has 6 nitrogen and oxygen atoms in total. The maximum absolute atomic E-state index is 5.81. The number of nitrogens with two attached hydrogens (primary N) is 1. The predicted octanol–water partition coefficient (Wildman–Crippen LogP) is 1.69. The Bertz CT molecular complexity index is 554. The van der Waals surface area contributed by atoms with Gasteiger partial charge in [0.1, 0.15) is 6.61 Å². The lowest BCUT2D eigenvalue weighted by molar-refractivity contribution is 0.295. The van der Waals surface area contributed by atoms with Crippen LogP contribution in [0.1, 0.15) is 18.4 Å². The average Bonchev–Trinajstić information content (AvgIpc) is 3.02. The highest BCUT2D eigenvalue weighted by Crippen LogP contribution is 2.29. The minimum Gasteiger partial charge on any atom is -0.470 e. The molecule has 2 aromatic rings. The average molecular weight is 305 g/mol. The van der Waals surface area contributed by atoms with Gasteiger partial charge in [-0.3, -0.25) is 4.98 Å². The third-order valence-corrected chi connectivity index (χ3v) is 4.32. The fourth-order valence-corrected chi connectivity index (χ4v) is 2.99. The molecule has 112 valence electrons. The van der Waals surface area contributed by atoms with Crippen LogP contribution in [-0.2, 0) is 6.61 Å². The van der Waals surface area contributed by atoms with Gasteiger partial charge in [0.15, 0.2) is 0 Å². The molecule has 3 heterocycles. The van der Waals surface area contributed by atoms with Crippen LogP contribution in [0.2, 0.25) is 0 Å². The summed E-state index contributed by atoms with van der Waals surface area (Å²) in [6.07, 6.45) is 5.74. The van der Waals surface area contributed by atoms with Crippen molar-refractivity contribution in [2.45, 2.75) is 19.4 Å². The summed E-state index contributed by atoms with van der Waals surface area (Å²) in [5.41, 5.74) is 6.81. The molecule has 0 radical (unpaired) electrons. The highest BCUT2D eigenvalue weighted by atomic mass is 32.1. The van der Waals surface area contributed by atoms with Gasteiger partial charge in [-0.1, -0.05) is 0 Å². The number of rotatable bonds is 5. The second kappa shape index (κ2) is 6.82. The highest BCUT2D eigenvalue weighted by Gasteiger charge is 2.23. The van der Waals surface area contributed by atoms with Gasteiger partial charge in [0.25, 0.3) is 5.88 Å². The molecule has 21 heavy (non-hydrogen) atoms. The van der Waals surface area contributed by atoms with Gasteiger partial charge in [-0.2, -0.15) is 4.37 Å². The van der Waals surface area contributed by atoms with Crippen LogP contribution in [0.25, 0.3) is 0 Å². The number of nitrogens with zero attached hydrogens (tertiary/aromatic N) is 4. The molecule has 0 amide bonds. The summed E-state index contributed by atoms with van der Waals surface area (Å²) in [6.45, 7) is 3.20. The zero-order valence-corrected chi connectivity index (χ0v) is 12.6. The van der Waals surface area contributed by atoms with Gasteiger partial charge in [0.2, 0.25) is 5.82 Å². The molecule has 0 atom stereocenters. The van der Waals surface area contributed by atoms with Gasteiger partial charge in [-0.25, -0.2) is 0 Å². The molecule has 2 N–H and O–H groups in total. The Morgan fingerprint density at radius 2 is 2.00 bits per heavy atom. The van der Waals surface area contributed by atoms with E-state index in [2.05, 4.69) is 18.6 Å². The molecule has 1 saturated heterocycles. The number of aromatic nitrogens is 3. The van der Waals surface area contributed by atoms with Crippen molar-refractivity contribution >= 4 is 17.5 Å². The quantitative estimate of drug-likeness (QED) is 0.906. The molecule has 3 rings (SSSR count). The van der Waals surface area contributed by atoms with E-state index >= 15 is 0 Å². The van der Waals surface area contributed by atoms with Crippen molar-refractivity contribution in [2.24, 2.45) is 11.7 Å². The van der Waals surface area contributed by atoms with Gasteiger partial charge in [0.05, 0.1) is 11.7 Å². The Morgan fingerprint density at radius 3 is 2.71 bits per heavy atom. The molecule has 1 aliphatic rings. The molecule has 0 aromatic carbocycles. The van der Waals surface area contributed by atoms with Gasteiger partial charge >= 0.3 is 0 Å². The van der Waals surface area contributed by atoms with Crippen LogP contribution in [0.5, 0.6) is 5.88 Å². The molecule has 7 heteroatoms. The van der Waals surface area contributed by atoms with Crippen LogP contribution < -0.4 is 15.4 Å². The normalized spacial score (nSPS) is 16.1. The molecular weight excluding hydrogens is 286 g/mol. The first-order chi connectivity index (χ1) is 10.4. The molecule has 0 saturated carbocycles. The minimum atomic E-state index is 0.486. The smallest absolute Gasteiger partial charge is 0.271 e. The molecule has 1 aliphatic heterocycles. The van der Waals surface area contributed by atoms with Crippen LogP contribution in [0.4, 0.5) is 5.82 Å². The fraction of sp³-hybridized carbons (Fsp3) is 0.500. The van der Waals surface area contributed by atoms with E-state index in [0.717, 1.165) is 43.9 Å². The molecular formula is C14H19N5OS. The van der Waals surface area contributed by atoms with Crippen LogP contribution in [-0.4, -0.2) is 33.4 Å². The summed E-state index contributed by atoms with van der Waals surface area (Å²) in [7, 11) is 0. The Hall–Kier alpha value is -1.73.